The van der Waals surface area contributed by atoms with E-state index in [1.807, 2.05) is 0 Å². The molecule has 2 fully saturated rings. The molecule has 16 heavy (non-hydrogen) atoms. The SMILES string of the molecule is O=C(O)[C@@H]1CC(O)CN1C(=O)CNC1CC1. The van der Waals surface area contributed by atoms with E-state index in [0.717, 1.165) is 12.8 Å². The van der Waals surface area contributed by atoms with E-state index < -0.39 is 18.1 Å². The van der Waals surface area contributed by atoms with Gasteiger partial charge in [-0.15, -0.1) is 0 Å². The van der Waals surface area contributed by atoms with E-state index in [0.29, 0.717) is 6.04 Å². The summed E-state index contributed by atoms with van der Waals surface area (Å²) < 4.78 is 0. The molecule has 6 nitrogen and oxygen atoms in total. The molecule has 0 aromatic rings. The Morgan fingerprint density at radius 2 is 2.06 bits per heavy atom. The molecular formula is C10H16N2O4. The van der Waals surface area contributed by atoms with Gasteiger partial charge in [0.1, 0.15) is 6.04 Å². The van der Waals surface area contributed by atoms with Gasteiger partial charge in [0.25, 0.3) is 0 Å². The van der Waals surface area contributed by atoms with Crippen LogP contribution in [0.5, 0.6) is 0 Å². The van der Waals surface area contributed by atoms with Crippen LogP contribution in [0.3, 0.4) is 0 Å². The average molecular weight is 228 g/mol. The topological polar surface area (TPSA) is 89.9 Å². The first kappa shape index (κ1) is 11.3. The highest BCUT2D eigenvalue weighted by Gasteiger charge is 2.38. The quantitative estimate of drug-likeness (QED) is 0.561. The number of likely N-dealkylation sites (tertiary alicyclic amines) is 1. The van der Waals surface area contributed by atoms with E-state index in [4.69, 9.17) is 5.11 Å². The number of amides is 1. The van der Waals surface area contributed by atoms with Gasteiger partial charge in [0.2, 0.25) is 5.91 Å². The molecule has 0 bridgehead atoms. The molecule has 0 aromatic carbocycles. The number of rotatable bonds is 4. The van der Waals surface area contributed by atoms with Gasteiger partial charge in [-0.3, -0.25) is 4.79 Å². The van der Waals surface area contributed by atoms with E-state index >= 15 is 0 Å². The summed E-state index contributed by atoms with van der Waals surface area (Å²) in [7, 11) is 0. The lowest BCUT2D eigenvalue weighted by atomic mass is 10.2. The smallest absolute Gasteiger partial charge is 0.326 e. The van der Waals surface area contributed by atoms with Gasteiger partial charge in [0, 0.05) is 19.0 Å². The van der Waals surface area contributed by atoms with Gasteiger partial charge < -0.3 is 20.4 Å². The minimum absolute atomic E-state index is 0.127. The molecule has 2 rings (SSSR count). The lowest BCUT2D eigenvalue weighted by Gasteiger charge is -2.21. The van der Waals surface area contributed by atoms with Crippen molar-refractivity contribution < 1.29 is 19.8 Å². The molecule has 6 heteroatoms. The van der Waals surface area contributed by atoms with Crippen LogP contribution in [0, 0.1) is 0 Å². The van der Waals surface area contributed by atoms with Crippen molar-refractivity contribution in [2.75, 3.05) is 13.1 Å². The summed E-state index contributed by atoms with van der Waals surface area (Å²) in [6.45, 7) is 0.295. The number of nitrogens with one attached hydrogen (secondary N) is 1. The van der Waals surface area contributed by atoms with Crippen molar-refractivity contribution in [3.63, 3.8) is 0 Å². The van der Waals surface area contributed by atoms with Crippen molar-refractivity contribution in [1.29, 1.82) is 0 Å². The maximum Gasteiger partial charge on any atom is 0.326 e. The van der Waals surface area contributed by atoms with Crippen LogP contribution in [-0.4, -0.2) is 58.3 Å². The first-order chi connectivity index (χ1) is 7.58. The Labute approximate surface area is 93.2 Å². The van der Waals surface area contributed by atoms with Gasteiger partial charge in [-0.25, -0.2) is 4.79 Å². The molecule has 1 aliphatic heterocycles. The van der Waals surface area contributed by atoms with Crippen LogP contribution in [-0.2, 0) is 9.59 Å². The molecule has 0 spiro atoms. The van der Waals surface area contributed by atoms with Gasteiger partial charge in [0.05, 0.1) is 12.6 Å². The van der Waals surface area contributed by atoms with Crippen molar-refractivity contribution in [3.8, 4) is 0 Å². The zero-order valence-corrected chi connectivity index (χ0v) is 8.93. The summed E-state index contributed by atoms with van der Waals surface area (Å²) in [5, 5.41) is 21.3. The second kappa shape index (κ2) is 4.39. The molecule has 0 radical (unpaired) electrons. The normalized spacial score (nSPS) is 29.4. The Hall–Kier alpha value is -1.14. The number of nitrogens with zero attached hydrogens (tertiary/aromatic N) is 1. The second-order valence-electron chi connectivity index (χ2n) is 4.44. The Morgan fingerprint density at radius 3 is 2.62 bits per heavy atom. The summed E-state index contributed by atoms with van der Waals surface area (Å²) in [5.74, 6) is -1.29. The maximum absolute atomic E-state index is 11.7. The fourth-order valence-corrected chi connectivity index (χ4v) is 1.94. The average Bonchev–Trinajstić information content (AvgIpc) is 2.96. The Balaban J connectivity index is 1.89. The highest BCUT2D eigenvalue weighted by molar-refractivity contribution is 5.85. The van der Waals surface area contributed by atoms with Crippen molar-refractivity contribution in [2.24, 2.45) is 0 Å². The Bertz CT molecular complexity index is 303. The van der Waals surface area contributed by atoms with Gasteiger partial charge in [-0.1, -0.05) is 0 Å². The minimum atomic E-state index is -1.05. The van der Waals surface area contributed by atoms with Crippen molar-refractivity contribution in [3.05, 3.63) is 0 Å². The molecule has 1 saturated carbocycles. The first-order valence-corrected chi connectivity index (χ1v) is 5.51. The second-order valence-corrected chi connectivity index (χ2v) is 4.44. The first-order valence-electron chi connectivity index (χ1n) is 5.51. The number of hydrogen-bond donors (Lipinski definition) is 3. The molecule has 2 atom stereocenters. The van der Waals surface area contributed by atoms with E-state index in [2.05, 4.69) is 5.32 Å². The van der Waals surface area contributed by atoms with Crippen molar-refractivity contribution >= 4 is 11.9 Å². The number of aliphatic carboxylic acids is 1. The Morgan fingerprint density at radius 1 is 1.38 bits per heavy atom. The third kappa shape index (κ3) is 2.51. The predicted molar refractivity (Wildman–Crippen MR) is 54.8 cm³/mol. The molecule has 1 saturated heterocycles. The largest absolute Gasteiger partial charge is 0.480 e. The molecule has 1 aliphatic carbocycles. The van der Waals surface area contributed by atoms with E-state index in [1.54, 1.807) is 0 Å². The monoisotopic (exact) mass is 228 g/mol. The van der Waals surface area contributed by atoms with E-state index in [9.17, 15) is 14.7 Å². The summed E-state index contributed by atoms with van der Waals surface area (Å²) in [5.41, 5.74) is 0. The summed E-state index contributed by atoms with van der Waals surface area (Å²) in [6.07, 6.45) is 1.58. The number of hydrogen-bond acceptors (Lipinski definition) is 4. The molecule has 1 unspecified atom stereocenters. The maximum atomic E-state index is 11.7. The van der Waals surface area contributed by atoms with Gasteiger partial charge >= 0.3 is 5.97 Å². The third-order valence-electron chi connectivity index (χ3n) is 3.00. The lowest BCUT2D eigenvalue weighted by molar-refractivity contribution is -0.147. The third-order valence-corrected chi connectivity index (χ3v) is 3.00. The fraction of sp³-hybridized carbons (Fsp3) is 0.800. The molecular weight excluding hydrogens is 212 g/mol. The zero-order chi connectivity index (χ0) is 11.7. The van der Waals surface area contributed by atoms with Crippen LogP contribution in [0.25, 0.3) is 0 Å². The van der Waals surface area contributed by atoms with Gasteiger partial charge in [-0.2, -0.15) is 0 Å². The fourth-order valence-electron chi connectivity index (χ4n) is 1.94. The molecule has 1 amide bonds. The summed E-state index contributed by atoms with van der Waals surface area (Å²) in [4.78, 5) is 23.9. The number of aliphatic hydroxyl groups is 1. The molecule has 2 aliphatic rings. The van der Waals surface area contributed by atoms with Crippen molar-refractivity contribution in [1.82, 2.24) is 10.2 Å². The number of aliphatic hydroxyl groups excluding tert-OH is 1. The number of carbonyl (C=O) groups is 2. The number of carboxylic acids is 1. The van der Waals surface area contributed by atoms with Crippen LogP contribution >= 0.6 is 0 Å². The molecule has 90 valence electrons. The standard InChI is InChI=1S/C10H16N2O4/c13-7-3-8(10(15)16)12(5-7)9(14)4-11-6-1-2-6/h6-8,11,13H,1-5H2,(H,15,16)/t7?,8-/m0/s1. The van der Waals surface area contributed by atoms with Gasteiger partial charge in [0.15, 0.2) is 0 Å². The van der Waals surface area contributed by atoms with Crippen LogP contribution in [0.2, 0.25) is 0 Å². The van der Waals surface area contributed by atoms with Crippen LogP contribution in [0.4, 0.5) is 0 Å². The van der Waals surface area contributed by atoms with E-state index in [-0.39, 0.29) is 25.4 Å². The molecule has 3 N–H and O–H groups in total. The Kier molecular flexibility index (Phi) is 3.11. The number of carboxylic acid groups (broad SMARTS) is 1. The predicted octanol–water partition coefficient (Wildman–Crippen LogP) is -1.22. The molecule has 0 aromatic heterocycles. The van der Waals surface area contributed by atoms with Gasteiger partial charge in [-0.05, 0) is 12.8 Å². The highest BCUT2D eigenvalue weighted by Crippen LogP contribution is 2.20. The number of β-amino-alcohol motifs (C(OH)–C–C–N with tert-alkyl or cyclic N) is 1. The number of carbonyl (C=O) groups excluding carboxylic acids is 1. The lowest BCUT2D eigenvalue weighted by Crippen LogP contribution is -2.45. The highest BCUT2D eigenvalue weighted by atomic mass is 16.4. The van der Waals surface area contributed by atoms with Crippen molar-refractivity contribution in [2.45, 2.75) is 37.5 Å². The van der Waals surface area contributed by atoms with Crippen LogP contribution in [0.1, 0.15) is 19.3 Å². The van der Waals surface area contributed by atoms with E-state index in [1.165, 1.54) is 4.90 Å². The van der Waals surface area contributed by atoms with Crippen LogP contribution < -0.4 is 5.32 Å². The summed E-state index contributed by atoms with van der Waals surface area (Å²) >= 11 is 0. The summed E-state index contributed by atoms with van der Waals surface area (Å²) in [6, 6.07) is -0.455. The molecule has 1 heterocycles. The van der Waals surface area contributed by atoms with Crippen LogP contribution in [0.15, 0.2) is 0 Å². The minimum Gasteiger partial charge on any atom is -0.480 e. The zero-order valence-electron chi connectivity index (χ0n) is 8.93.